The van der Waals surface area contributed by atoms with Crippen molar-refractivity contribution in [1.82, 2.24) is 14.7 Å². The minimum Gasteiger partial charge on any atom is -0.497 e. The zero-order chi connectivity index (χ0) is 21.0. The van der Waals surface area contributed by atoms with Crippen LogP contribution in [0.25, 0.3) is 5.69 Å². The normalized spacial score (nSPS) is 10.5. The van der Waals surface area contributed by atoms with Gasteiger partial charge in [0.2, 0.25) is 0 Å². The maximum absolute atomic E-state index is 12.8. The van der Waals surface area contributed by atoms with Crippen molar-refractivity contribution in [2.75, 3.05) is 26.6 Å². The van der Waals surface area contributed by atoms with E-state index in [2.05, 4.69) is 10.4 Å². The summed E-state index contributed by atoms with van der Waals surface area (Å²) >= 11 is 0. The molecule has 7 heteroatoms. The Hall–Kier alpha value is -3.48. The van der Waals surface area contributed by atoms with Gasteiger partial charge in [-0.1, -0.05) is 12.1 Å². The maximum atomic E-state index is 12.8. The predicted octanol–water partition coefficient (Wildman–Crippen LogP) is 4.17. The van der Waals surface area contributed by atoms with E-state index < -0.39 is 0 Å². The SMILES string of the molecule is COc1ccc(CN(C)C(=O)Nc2ccccc2-n2nc(C)cc2C)c(OC)c1. The number of para-hydroxylation sites is 2. The van der Waals surface area contributed by atoms with E-state index in [1.807, 2.05) is 61.0 Å². The van der Waals surface area contributed by atoms with Gasteiger partial charge in [0.1, 0.15) is 11.5 Å². The molecule has 2 aromatic carbocycles. The van der Waals surface area contributed by atoms with E-state index in [1.165, 1.54) is 0 Å². The Morgan fingerprint density at radius 1 is 1.10 bits per heavy atom. The summed E-state index contributed by atoms with van der Waals surface area (Å²) < 4.78 is 12.5. The molecule has 3 aromatic rings. The Balaban J connectivity index is 1.78. The number of urea groups is 1. The van der Waals surface area contributed by atoms with Crippen molar-refractivity contribution in [3.8, 4) is 17.2 Å². The van der Waals surface area contributed by atoms with Gasteiger partial charge in [0.25, 0.3) is 0 Å². The molecule has 0 saturated heterocycles. The van der Waals surface area contributed by atoms with Gasteiger partial charge >= 0.3 is 6.03 Å². The van der Waals surface area contributed by atoms with Crippen LogP contribution in [0.2, 0.25) is 0 Å². The molecule has 0 fully saturated rings. The fourth-order valence-corrected chi connectivity index (χ4v) is 3.16. The molecule has 0 atom stereocenters. The highest BCUT2D eigenvalue weighted by Gasteiger charge is 2.16. The molecule has 7 nitrogen and oxygen atoms in total. The second-order valence-corrected chi connectivity index (χ2v) is 6.82. The Morgan fingerprint density at radius 3 is 2.52 bits per heavy atom. The van der Waals surface area contributed by atoms with E-state index in [-0.39, 0.29) is 6.03 Å². The topological polar surface area (TPSA) is 68.6 Å². The molecule has 2 amide bonds. The smallest absolute Gasteiger partial charge is 0.321 e. The van der Waals surface area contributed by atoms with Crippen molar-refractivity contribution < 1.29 is 14.3 Å². The molecule has 29 heavy (non-hydrogen) atoms. The fourth-order valence-electron chi connectivity index (χ4n) is 3.16. The van der Waals surface area contributed by atoms with E-state index in [1.54, 1.807) is 32.2 Å². The molecule has 1 heterocycles. The number of benzene rings is 2. The molecular weight excluding hydrogens is 368 g/mol. The molecule has 0 aliphatic rings. The summed E-state index contributed by atoms with van der Waals surface area (Å²) in [6, 6.07) is 14.9. The van der Waals surface area contributed by atoms with Crippen molar-refractivity contribution in [2.45, 2.75) is 20.4 Å². The third-order valence-corrected chi connectivity index (χ3v) is 4.63. The number of nitrogens with one attached hydrogen (secondary N) is 1. The van der Waals surface area contributed by atoms with Crippen molar-refractivity contribution in [3.63, 3.8) is 0 Å². The third kappa shape index (κ3) is 4.51. The lowest BCUT2D eigenvalue weighted by molar-refractivity contribution is 0.220. The summed E-state index contributed by atoms with van der Waals surface area (Å²) in [4.78, 5) is 14.4. The number of amides is 2. The highest BCUT2D eigenvalue weighted by atomic mass is 16.5. The molecule has 0 unspecified atom stereocenters. The molecule has 1 N–H and O–H groups in total. The van der Waals surface area contributed by atoms with Crippen LogP contribution in [0.4, 0.5) is 10.5 Å². The molecule has 0 bridgehead atoms. The van der Waals surface area contributed by atoms with Gasteiger partial charge in [0, 0.05) is 24.4 Å². The minimum absolute atomic E-state index is 0.225. The highest BCUT2D eigenvalue weighted by Crippen LogP contribution is 2.26. The number of methoxy groups -OCH3 is 2. The zero-order valence-corrected chi connectivity index (χ0v) is 17.4. The van der Waals surface area contributed by atoms with Crippen LogP contribution in [0, 0.1) is 13.8 Å². The number of hydrogen-bond donors (Lipinski definition) is 1. The van der Waals surface area contributed by atoms with Gasteiger partial charge in [-0.15, -0.1) is 0 Å². The average molecular weight is 394 g/mol. The van der Waals surface area contributed by atoms with Crippen LogP contribution >= 0.6 is 0 Å². The standard InChI is InChI=1S/C22H26N4O3/c1-15-12-16(2)26(24-15)20-9-7-6-8-19(20)23-22(27)25(3)14-17-10-11-18(28-4)13-21(17)29-5/h6-13H,14H2,1-5H3,(H,23,27). The van der Waals surface area contributed by atoms with Gasteiger partial charge in [-0.25, -0.2) is 9.48 Å². The number of aromatic nitrogens is 2. The number of carbonyl (C=O) groups excluding carboxylic acids is 1. The summed E-state index contributed by atoms with van der Waals surface area (Å²) in [5.74, 6) is 1.38. The predicted molar refractivity (Wildman–Crippen MR) is 113 cm³/mol. The van der Waals surface area contributed by atoms with Crippen LogP contribution in [0.1, 0.15) is 17.0 Å². The van der Waals surface area contributed by atoms with Gasteiger partial charge in [-0.2, -0.15) is 5.10 Å². The number of anilines is 1. The number of rotatable bonds is 6. The van der Waals surface area contributed by atoms with Crippen molar-refractivity contribution >= 4 is 11.7 Å². The van der Waals surface area contributed by atoms with Crippen LogP contribution in [0.5, 0.6) is 11.5 Å². The van der Waals surface area contributed by atoms with E-state index in [0.29, 0.717) is 23.7 Å². The summed E-state index contributed by atoms with van der Waals surface area (Å²) in [6.07, 6.45) is 0. The molecule has 0 radical (unpaired) electrons. The summed E-state index contributed by atoms with van der Waals surface area (Å²) in [7, 11) is 4.95. The second-order valence-electron chi connectivity index (χ2n) is 6.82. The lowest BCUT2D eigenvalue weighted by Gasteiger charge is -2.21. The number of nitrogens with zero attached hydrogens (tertiary/aromatic N) is 3. The molecule has 152 valence electrons. The van der Waals surface area contributed by atoms with Gasteiger partial charge in [-0.3, -0.25) is 0 Å². The highest BCUT2D eigenvalue weighted by molar-refractivity contribution is 5.91. The number of hydrogen-bond acceptors (Lipinski definition) is 4. The summed E-state index contributed by atoms with van der Waals surface area (Å²) in [5, 5.41) is 7.51. The molecule has 1 aromatic heterocycles. The summed E-state index contributed by atoms with van der Waals surface area (Å²) in [5.41, 5.74) is 4.32. The van der Waals surface area contributed by atoms with Crippen molar-refractivity contribution in [1.29, 1.82) is 0 Å². The Bertz CT molecular complexity index is 1010. The first kappa shape index (κ1) is 20.3. The van der Waals surface area contributed by atoms with Crippen LogP contribution in [-0.4, -0.2) is 42.0 Å². The molecule has 0 spiro atoms. The lowest BCUT2D eigenvalue weighted by atomic mass is 10.2. The summed E-state index contributed by atoms with van der Waals surface area (Å²) in [6.45, 7) is 4.32. The molecular formula is C22H26N4O3. The number of ether oxygens (including phenoxy) is 2. The first-order chi connectivity index (χ1) is 13.9. The lowest BCUT2D eigenvalue weighted by Crippen LogP contribution is -2.31. The zero-order valence-electron chi connectivity index (χ0n) is 17.4. The molecule has 0 aliphatic heterocycles. The second kappa shape index (κ2) is 8.68. The van der Waals surface area contributed by atoms with E-state index in [9.17, 15) is 4.79 Å². The largest absolute Gasteiger partial charge is 0.497 e. The number of aryl methyl sites for hydroxylation is 2. The van der Waals surface area contributed by atoms with Crippen molar-refractivity contribution in [3.05, 3.63) is 65.5 Å². The van der Waals surface area contributed by atoms with E-state index >= 15 is 0 Å². The van der Waals surface area contributed by atoms with Crippen LogP contribution in [0.3, 0.4) is 0 Å². The van der Waals surface area contributed by atoms with Crippen LogP contribution in [-0.2, 0) is 6.54 Å². The van der Waals surface area contributed by atoms with Gasteiger partial charge in [0.15, 0.2) is 0 Å². The van der Waals surface area contributed by atoms with E-state index in [4.69, 9.17) is 9.47 Å². The Morgan fingerprint density at radius 2 is 1.86 bits per heavy atom. The first-order valence-electron chi connectivity index (χ1n) is 9.28. The Labute approximate surface area is 170 Å². The van der Waals surface area contributed by atoms with Gasteiger partial charge in [0.05, 0.1) is 37.8 Å². The number of carbonyl (C=O) groups is 1. The third-order valence-electron chi connectivity index (χ3n) is 4.63. The first-order valence-corrected chi connectivity index (χ1v) is 9.28. The quantitative estimate of drug-likeness (QED) is 0.681. The van der Waals surface area contributed by atoms with Gasteiger partial charge in [-0.05, 0) is 44.2 Å². The molecule has 0 aliphatic carbocycles. The van der Waals surface area contributed by atoms with Crippen LogP contribution < -0.4 is 14.8 Å². The minimum atomic E-state index is -0.225. The molecule has 3 rings (SSSR count). The van der Waals surface area contributed by atoms with Crippen molar-refractivity contribution in [2.24, 2.45) is 0 Å². The fraction of sp³-hybridized carbons (Fsp3) is 0.273. The van der Waals surface area contributed by atoms with E-state index in [0.717, 1.165) is 22.6 Å². The average Bonchev–Trinajstić information content (AvgIpc) is 3.06. The molecule has 0 saturated carbocycles. The van der Waals surface area contributed by atoms with Crippen LogP contribution in [0.15, 0.2) is 48.5 Å². The maximum Gasteiger partial charge on any atom is 0.321 e. The Kier molecular flexibility index (Phi) is 6.07. The monoisotopic (exact) mass is 394 g/mol. The van der Waals surface area contributed by atoms with Gasteiger partial charge < -0.3 is 19.7 Å².